The molecule has 0 saturated heterocycles. The molecular weight excluding hydrogens is 202 g/mol. The molecule has 16 heavy (non-hydrogen) atoms. The third-order valence-corrected chi connectivity index (χ3v) is 2.47. The van der Waals surface area contributed by atoms with Gasteiger partial charge in [0, 0.05) is 5.56 Å². The summed E-state index contributed by atoms with van der Waals surface area (Å²) >= 11 is 0. The van der Waals surface area contributed by atoms with Gasteiger partial charge in [-0.25, -0.2) is 0 Å². The van der Waals surface area contributed by atoms with Crippen LogP contribution in [-0.4, -0.2) is 23.2 Å². The normalized spacial score (nSPS) is 11.3. The van der Waals surface area contributed by atoms with Gasteiger partial charge in [0.1, 0.15) is 0 Å². The molecule has 0 atom stereocenters. The number of carbonyl (C=O) groups excluding carboxylic acids is 1. The zero-order chi connectivity index (χ0) is 12.3. The Balaban J connectivity index is 2.89. The van der Waals surface area contributed by atoms with Crippen LogP contribution in [0.3, 0.4) is 0 Å². The fourth-order valence-electron chi connectivity index (χ4n) is 1.48. The molecule has 0 aromatic heterocycles. The third kappa shape index (κ3) is 3.07. The molecule has 0 aliphatic rings. The zero-order valence-electron chi connectivity index (χ0n) is 10.3. The lowest BCUT2D eigenvalue weighted by atomic mass is 10.0. The Labute approximate surface area is 96.5 Å². The first-order valence-electron chi connectivity index (χ1n) is 5.36. The van der Waals surface area contributed by atoms with Crippen molar-refractivity contribution >= 4 is 5.91 Å². The largest absolute Gasteiger partial charge is 0.394 e. The van der Waals surface area contributed by atoms with E-state index in [-0.39, 0.29) is 12.5 Å². The summed E-state index contributed by atoms with van der Waals surface area (Å²) in [5.41, 5.74) is 2.16. The Bertz CT molecular complexity index is 397. The summed E-state index contributed by atoms with van der Waals surface area (Å²) in [5.74, 6) is -0.142. The number of carbonyl (C=O) groups is 1. The minimum atomic E-state index is -0.589. The van der Waals surface area contributed by atoms with Gasteiger partial charge in [0.2, 0.25) is 0 Å². The second kappa shape index (κ2) is 4.66. The molecule has 0 heterocycles. The van der Waals surface area contributed by atoms with Crippen molar-refractivity contribution in [2.75, 3.05) is 6.61 Å². The van der Waals surface area contributed by atoms with Gasteiger partial charge in [-0.2, -0.15) is 0 Å². The molecule has 0 unspecified atom stereocenters. The molecule has 1 amide bonds. The van der Waals surface area contributed by atoms with Crippen molar-refractivity contribution in [2.45, 2.75) is 33.2 Å². The van der Waals surface area contributed by atoms with Crippen molar-refractivity contribution in [2.24, 2.45) is 0 Å². The van der Waals surface area contributed by atoms with E-state index in [1.807, 2.05) is 32.0 Å². The summed E-state index contributed by atoms with van der Waals surface area (Å²) in [6.45, 7) is 7.40. The Kier molecular flexibility index (Phi) is 3.70. The highest BCUT2D eigenvalue weighted by molar-refractivity contribution is 5.96. The van der Waals surface area contributed by atoms with Gasteiger partial charge in [-0.15, -0.1) is 0 Å². The van der Waals surface area contributed by atoms with Crippen LogP contribution in [-0.2, 0) is 0 Å². The van der Waals surface area contributed by atoms with Crippen LogP contribution in [0.25, 0.3) is 0 Å². The van der Waals surface area contributed by atoms with E-state index in [1.54, 1.807) is 13.8 Å². The van der Waals surface area contributed by atoms with Crippen molar-refractivity contribution in [1.82, 2.24) is 5.32 Å². The van der Waals surface area contributed by atoms with Gasteiger partial charge in [0.15, 0.2) is 0 Å². The lowest BCUT2D eigenvalue weighted by Crippen LogP contribution is -2.46. The number of hydrogen-bond donors (Lipinski definition) is 2. The number of hydrogen-bond acceptors (Lipinski definition) is 2. The third-order valence-electron chi connectivity index (χ3n) is 2.47. The fourth-order valence-corrected chi connectivity index (χ4v) is 1.48. The number of rotatable bonds is 3. The molecular formula is C13H19NO2. The molecule has 0 aliphatic carbocycles. The van der Waals surface area contributed by atoms with Crippen LogP contribution >= 0.6 is 0 Å². The Morgan fingerprint density at radius 3 is 2.50 bits per heavy atom. The lowest BCUT2D eigenvalue weighted by Gasteiger charge is -2.24. The van der Waals surface area contributed by atoms with E-state index in [0.717, 1.165) is 11.1 Å². The summed E-state index contributed by atoms with van der Waals surface area (Å²) in [7, 11) is 0. The molecule has 0 fully saturated rings. The Morgan fingerprint density at radius 1 is 1.38 bits per heavy atom. The SMILES string of the molecule is Cc1ccc(C(=O)NC(C)(C)CO)c(C)c1. The number of aliphatic hydroxyl groups is 1. The van der Waals surface area contributed by atoms with Gasteiger partial charge in [-0.1, -0.05) is 17.7 Å². The Hall–Kier alpha value is -1.35. The van der Waals surface area contributed by atoms with Crippen LogP contribution in [0.5, 0.6) is 0 Å². The quantitative estimate of drug-likeness (QED) is 0.817. The monoisotopic (exact) mass is 221 g/mol. The van der Waals surface area contributed by atoms with Crippen LogP contribution in [0.2, 0.25) is 0 Å². The predicted molar refractivity (Wildman–Crippen MR) is 64.5 cm³/mol. The fraction of sp³-hybridized carbons (Fsp3) is 0.462. The van der Waals surface area contributed by atoms with Crippen LogP contribution in [0.4, 0.5) is 0 Å². The van der Waals surface area contributed by atoms with E-state index >= 15 is 0 Å². The highest BCUT2D eigenvalue weighted by Gasteiger charge is 2.20. The molecule has 0 saturated carbocycles. The summed E-state index contributed by atoms with van der Waals surface area (Å²) in [5, 5.41) is 11.9. The van der Waals surface area contributed by atoms with Crippen molar-refractivity contribution in [3.63, 3.8) is 0 Å². The minimum absolute atomic E-state index is 0.0797. The zero-order valence-corrected chi connectivity index (χ0v) is 10.3. The smallest absolute Gasteiger partial charge is 0.252 e. The van der Waals surface area contributed by atoms with Crippen molar-refractivity contribution in [1.29, 1.82) is 0 Å². The van der Waals surface area contributed by atoms with E-state index < -0.39 is 5.54 Å². The molecule has 1 aromatic rings. The number of benzene rings is 1. The number of amides is 1. The molecule has 1 aromatic carbocycles. The first-order valence-corrected chi connectivity index (χ1v) is 5.36. The average Bonchev–Trinajstić information content (AvgIpc) is 2.16. The molecule has 1 rings (SSSR count). The molecule has 3 heteroatoms. The van der Waals surface area contributed by atoms with Gasteiger partial charge in [-0.05, 0) is 39.3 Å². The van der Waals surface area contributed by atoms with E-state index in [0.29, 0.717) is 5.56 Å². The predicted octanol–water partition coefficient (Wildman–Crippen LogP) is 1.80. The Morgan fingerprint density at radius 2 is 2.00 bits per heavy atom. The van der Waals surface area contributed by atoms with Crippen molar-refractivity contribution in [3.05, 3.63) is 34.9 Å². The second-order valence-corrected chi connectivity index (χ2v) is 4.81. The molecule has 3 nitrogen and oxygen atoms in total. The molecule has 0 radical (unpaired) electrons. The summed E-state index contributed by atoms with van der Waals surface area (Å²) < 4.78 is 0. The van der Waals surface area contributed by atoms with Gasteiger partial charge in [0.05, 0.1) is 12.1 Å². The van der Waals surface area contributed by atoms with Gasteiger partial charge >= 0.3 is 0 Å². The molecule has 0 aliphatic heterocycles. The second-order valence-electron chi connectivity index (χ2n) is 4.81. The highest BCUT2D eigenvalue weighted by Crippen LogP contribution is 2.12. The molecule has 88 valence electrons. The van der Waals surface area contributed by atoms with Crippen molar-refractivity contribution in [3.8, 4) is 0 Å². The maximum absolute atomic E-state index is 11.9. The van der Waals surface area contributed by atoms with E-state index in [1.165, 1.54) is 0 Å². The van der Waals surface area contributed by atoms with Crippen molar-refractivity contribution < 1.29 is 9.90 Å². The molecule has 0 bridgehead atoms. The first kappa shape index (κ1) is 12.7. The minimum Gasteiger partial charge on any atom is -0.394 e. The van der Waals surface area contributed by atoms with E-state index in [9.17, 15) is 4.79 Å². The number of nitrogens with one attached hydrogen (secondary N) is 1. The summed E-state index contributed by atoms with van der Waals surface area (Å²) in [6, 6.07) is 5.70. The van der Waals surface area contributed by atoms with Crippen LogP contribution in [0.15, 0.2) is 18.2 Å². The summed E-state index contributed by atoms with van der Waals surface area (Å²) in [6.07, 6.45) is 0. The van der Waals surface area contributed by atoms with Crippen LogP contribution in [0.1, 0.15) is 35.3 Å². The molecule has 0 spiro atoms. The topological polar surface area (TPSA) is 49.3 Å². The number of aliphatic hydroxyl groups excluding tert-OH is 1. The van der Waals surface area contributed by atoms with Crippen LogP contribution in [0, 0.1) is 13.8 Å². The standard InChI is InChI=1S/C13H19NO2/c1-9-5-6-11(10(2)7-9)12(16)14-13(3,4)8-15/h5-7,15H,8H2,1-4H3,(H,14,16). The highest BCUT2D eigenvalue weighted by atomic mass is 16.3. The maximum Gasteiger partial charge on any atom is 0.252 e. The van der Waals surface area contributed by atoms with Gasteiger partial charge in [-0.3, -0.25) is 4.79 Å². The maximum atomic E-state index is 11.9. The summed E-state index contributed by atoms with van der Waals surface area (Å²) in [4.78, 5) is 11.9. The first-order chi connectivity index (χ1) is 7.35. The molecule has 2 N–H and O–H groups in total. The number of aryl methyl sites for hydroxylation is 2. The van der Waals surface area contributed by atoms with Crippen LogP contribution < -0.4 is 5.32 Å². The van der Waals surface area contributed by atoms with E-state index in [4.69, 9.17) is 5.11 Å². The van der Waals surface area contributed by atoms with Gasteiger partial charge < -0.3 is 10.4 Å². The van der Waals surface area contributed by atoms with E-state index in [2.05, 4.69) is 5.32 Å². The lowest BCUT2D eigenvalue weighted by molar-refractivity contribution is 0.0868. The average molecular weight is 221 g/mol. The van der Waals surface area contributed by atoms with Gasteiger partial charge in [0.25, 0.3) is 5.91 Å².